The number of benzene rings is 2. The molecular formula is C16H8F12O2. The molecule has 2 N–H and O–H groups in total. The molecule has 0 saturated carbocycles. The molecule has 0 bridgehead atoms. The van der Waals surface area contributed by atoms with Gasteiger partial charge in [-0.1, -0.05) is 24.3 Å². The van der Waals surface area contributed by atoms with Crippen molar-refractivity contribution in [2.75, 3.05) is 0 Å². The van der Waals surface area contributed by atoms with E-state index < -0.39 is 63.9 Å². The van der Waals surface area contributed by atoms with Gasteiger partial charge >= 0.3 is 35.9 Å². The summed E-state index contributed by atoms with van der Waals surface area (Å²) >= 11 is 0. The molecule has 0 spiro atoms. The van der Waals surface area contributed by atoms with Crippen molar-refractivity contribution in [2.45, 2.75) is 35.9 Å². The zero-order chi connectivity index (χ0) is 23.6. The van der Waals surface area contributed by atoms with E-state index in [1.807, 2.05) is 0 Å². The summed E-state index contributed by atoms with van der Waals surface area (Å²) in [6, 6.07) is 1.77. The average molecular weight is 460 g/mol. The summed E-state index contributed by atoms with van der Waals surface area (Å²) in [5.41, 5.74) is -17.2. The molecule has 0 fully saturated rings. The lowest BCUT2D eigenvalue weighted by molar-refractivity contribution is -0.376. The summed E-state index contributed by atoms with van der Waals surface area (Å²) in [6.45, 7) is 0. The Kier molecular flexibility index (Phi) is 5.32. The third kappa shape index (κ3) is 3.35. The summed E-state index contributed by atoms with van der Waals surface area (Å²) in [5, 5.41) is 14.8. The fourth-order valence-electron chi connectivity index (χ4n) is 2.79. The average Bonchev–Trinajstić information content (AvgIpc) is 2.55. The maximum absolute atomic E-state index is 14.7. The minimum atomic E-state index is -6.70. The zero-order valence-electron chi connectivity index (χ0n) is 13.9. The second-order valence-corrected chi connectivity index (χ2v) is 6.14. The van der Waals surface area contributed by atoms with E-state index >= 15 is 0 Å². The molecule has 0 aromatic heterocycles. The van der Waals surface area contributed by atoms with Crippen LogP contribution in [0.15, 0.2) is 36.4 Å². The van der Waals surface area contributed by atoms with Gasteiger partial charge in [0.1, 0.15) is 0 Å². The van der Waals surface area contributed by atoms with E-state index in [0.29, 0.717) is 12.1 Å². The topological polar surface area (TPSA) is 40.5 Å². The van der Waals surface area contributed by atoms with E-state index in [0.717, 1.165) is 12.1 Å². The van der Waals surface area contributed by atoms with Crippen molar-refractivity contribution in [2.24, 2.45) is 0 Å². The highest BCUT2D eigenvalue weighted by atomic mass is 19.4. The van der Waals surface area contributed by atoms with Gasteiger partial charge in [-0.3, -0.25) is 0 Å². The van der Waals surface area contributed by atoms with Gasteiger partial charge in [-0.15, -0.1) is 0 Å². The van der Waals surface area contributed by atoms with Crippen molar-refractivity contribution in [1.82, 2.24) is 0 Å². The van der Waals surface area contributed by atoms with E-state index in [4.69, 9.17) is 10.2 Å². The quantitative estimate of drug-likeness (QED) is 0.595. The summed E-state index contributed by atoms with van der Waals surface area (Å²) in [4.78, 5) is 0. The van der Waals surface area contributed by atoms with Crippen LogP contribution >= 0.6 is 0 Å². The molecule has 0 radical (unpaired) electrons. The summed E-state index contributed by atoms with van der Waals surface area (Å²) in [5.74, 6) is 0. The van der Waals surface area contributed by atoms with Gasteiger partial charge in [-0.2, -0.15) is 43.9 Å². The molecular weight excluding hydrogens is 452 g/mol. The second kappa shape index (κ2) is 6.64. The Bertz CT molecular complexity index is 908. The maximum atomic E-state index is 14.7. The van der Waals surface area contributed by atoms with E-state index in [2.05, 4.69) is 0 Å². The molecule has 2 unspecified atom stereocenters. The Morgan fingerprint density at radius 3 is 1.40 bits per heavy atom. The first-order chi connectivity index (χ1) is 13.2. The number of fused-ring (bicyclic) bond motifs is 1. The third-order valence-corrected chi connectivity index (χ3v) is 4.24. The first-order valence-corrected chi connectivity index (χ1v) is 7.45. The normalized spacial score (nSPS) is 18.2. The van der Waals surface area contributed by atoms with Crippen molar-refractivity contribution in [3.63, 3.8) is 0 Å². The van der Waals surface area contributed by atoms with Gasteiger partial charge in [0.05, 0.1) is 0 Å². The van der Waals surface area contributed by atoms with E-state index in [-0.39, 0.29) is 6.07 Å². The van der Waals surface area contributed by atoms with Crippen molar-refractivity contribution >= 4 is 10.8 Å². The Labute approximate surface area is 158 Å². The predicted octanol–water partition coefficient (Wildman–Crippen LogP) is 5.46. The van der Waals surface area contributed by atoms with Gasteiger partial charge in [0.25, 0.3) is 0 Å². The van der Waals surface area contributed by atoms with Gasteiger partial charge in [0.2, 0.25) is 0 Å². The van der Waals surface area contributed by atoms with Gasteiger partial charge in [0, 0.05) is 11.1 Å². The van der Waals surface area contributed by atoms with Crippen molar-refractivity contribution < 1.29 is 62.9 Å². The van der Waals surface area contributed by atoms with E-state index in [9.17, 15) is 52.7 Å². The molecule has 0 aliphatic carbocycles. The van der Waals surface area contributed by atoms with Crippen LogP contribution in [0.25, 0.3) is 10.8 Å². The summed E-state index contributed by atoms with van der Waals surface area (Å²) in [7, 11) is 0. The Hall–Kier alpha value is -2.22. The molecule has 2 aromatic rings. The van der Waals surface area contributed by atoms with Crippen LogP contribution in [-0.4, -0.2) is 34.8 Å². The molecule has 2 aromatic carbocycles. The van der Waals surface area contributed by atoms with Gasteiger partial charge in [-0.25, -0.2) is 8.78 Å². The van der Waals surface area contributed by atoms with Crippen LogP contribution < -0.4 is 0 Å². The Morgan fingerprint density at radius 1 is 0.567 bits per heavy atom. The first kappa shape index (κ1) is 24.1. The molecule has 0 aliphatic heterocycles. The molecule has 0 amide bonds. The van der Waals surface area contributed by atoms with Crippen molar-refractivity contribution in [3.05, 3.63) is 47.5 Å². The van der Waals surface area contributed by atoms with Gasteiger partial charge in [0.15, 0.2) is 0 Å². The van der Waals surface area contributed by atoms with Gasteiger partial charge < -0.3 is 10.2 Å². The lowest BCUT2D eigenvalue weighted by Crippen LogP contribution is -2.54. The van der Waals surface area contributed by atoms with Crippen LogP contribution in [0, 0.1) is 0 Å². The molecule has 2 atom stereocenters. The summed E-state index contributed by atoms with van der Waals surface area (Å²) < 4.78 is 161. The molecule has 14 heteroatoms. The van der Waals surface area contributed by atoms with Crippen LogP contribution in [0.2, 0.25) is 0 Å². The molecule has 0 aliphatic rings. The Balaban J connectivity index is 3.10. The smallest absolute Gasteiger partial charge is 0.333 e. The van der Waals surface area contributed by atoms with Crippen molar-refractivity contribution in [3.8, 4) is 0 Å². The van der Waals surface area contributed by atoms with Crippen LogP contribution in [0.3, 0.4) is 0 Å². The van der Waals surface area contributed by atoms with Crippen LogP contribution in [0.5, 0.6) is 0 Å². The number of halogens is 12. The van der Waals surface area contributed by atoms with Gasteiger partial charge in [-0.05, 0) is 22.9 Å². The molecule has 0 saturated heterocycles. The maximum Gasteiger partial charge on any atom is 0.435 e. The molecule has 168 valence electrons. The minimum Gasteiger partial charge on any atom is -0.333 e. The highest BCUT2D eigenvalue weighted by Gasteiger charge is 2.75. The Morgan fingerprint density at radius 2 is 1.00 bits per heavy atom. The number of alkyl halides is 12. The largest absolute Gasteiger partial charge is 0.435 e. The SMILES string of the molecule is OC(F)(F)C(F)(c1cc(C(F)(C(O)(F)F)C(F)(F)F)c2ccccc2c1)C(F)(F)F. The fraction of sp³-hybridized carbons (Fsp3) is 0.375. The predicted molar refractivity (Wildman–Crippen MR) is 76.0 cm³/mol. The highest BCUT2D eigenvalue weighted by molar-refractivity contribution is 5.88. The number of rotatable bonds is 4. The number of hydrogen-bond acceptors (Lipinski definition) is 2. The third-order valence-electron chi connectivity index (χ3n) is 4.24. The first-order valence-electron chi connectivity index (χ1n) is 7.45. The lowest BCUT2D eigenvalue weighted by Gasteiger charge is -2.35. The molecule has 2 rings (SSSR count). The number of aliphatic hydroxyl groups is 2. The number of hydrogen-bond donors (Lipinski definition) is 2. The lowest BCUT2D eigenvalue weighted by atomic mass is 9.83. The van der Waals surface area contributed by atoms with Crippen LogP contribution in [0.1, 0.15) is 11.1 Å². The van der Waals surface area contributed by atoms with Crippen molar-refractivity contribution in [1.29, 1.82) is 0 Å². The standard InChI is InChI=1S/C16H8F12O2/c17-11(13(19,20)21,15(25,26)29)8-5-7-3-1-2-4-9(7)10(6-8)12(18,14(22,23)24)16(27,28)30/h1-6,29-30H. The molecule has 2 nitrogen and oxygen atoms in total. The highest BCUT2D eigenvalue weighted by Crippen LogP contribution is 2.56. The molecule has 30 heavy (non-hydrogen) atoms. The summed E-state index contributed by atoms with van der Waals surface area (Å²) in [6.07, 6.45) is -26.0. The molecule has 0 heterocycles. The van der Waals surface area contributed by atoms with Crippen LogP contribution in [-0.2, 0) is 11.3 Å². The van der Waals surface area contributed by atoms with Crippen LogP contribution in [0.4, 0.5) is 52.7 Å². The van der Waals surface area contributed by atoms with E-state index in [1.165, 1.54) is 0 Å². The van der Waals surface area contributed by atoms with E-state index in [1.54, 1.807) is 0 Å². The zero-order valence-corrected chi connectivity index (χ0v) is 13.9. The minimum absolute atomic E-state index is 0.122. The fourth-order valence-corrected chi connectivity index (χ4v) is 2.79. The second-order valence-electron chi connectivity index (χ2n) is 6.14. The monoisotopic (exact) mass is 460 g/mol.